The molecule has 7 nitrogen and oxygen atoms in total. The Morgan fingerprint density at radius 1 is 1.67 bits per heavy atom. The predicted molar refractivity (Wildman–Crippen MR) is 51.7 cm³/mol. The molecule has 0 aliphatic heterocycles. The lowest BCUT2D eigenvalue weighted by Crippen LogP contribution is -2.27. The SMILES string of the molecule is O=C(NCCO[N+](=O)[O-])c1ccc(Br)o1. The first kappa shape index (κ1) is 11.5. The van der Waals surface area contributed by atoms with Crippen LogP contribution in [0.4, 0.5) is 0 Å². The number of amides is 1. The van der Waals surface area contributed by atoms with Crippen molar-refractivity contribution in [3.63, 3.8) is 0 Å². The Bertz CT molecular complexity index is 364. The monoisotopic (exact) mass is 278 g/mol. The molecule has 1 rings (SSSR count). The van der Waals surface area contributed by atoms with Crippen molar-refractivity contribution < 1.29 is 19.1 Å². The quantitative estimate of drug-likeness (QED) is 0.492. The minimum absolute atomic E-state index is 0.0398. The molecule has 0 aromatic carbocycles. The standard InChI is InChI=1S/C7H7BrN2O5/c8-6-2-1-5(15-6)7(11)9-3-4-14-10(12)13/h1-2H,3-4H2,(H,9,11). The van der Waals surface area contributed by atoms with Crippen molar-refractivity contribution in [2.45, 2.75) is 0 Å². The molecule has 0 aliphatic carbocycles. The van der Waals surface area contributed by atoms with Gasteiger partial charge in [0.15, 0.2) is 10.4 Å². The average molecular weight is 279 g/mol. The summed E-state index contributed by atoms with van der Waals surface area (Å²) in [6.45, 7) is -0.154. The second-order valence-electron chi connectivity index (χ2n) is 2.42. The molecule has 0 saturated heterocycles. The van der Waals surface area contributed by atoms with Gasteiger partial charge in [0.2, 0.25) is 0 Å². The summed E-state index contributed by atoms with van der Waals surface area (Å²) >= 11 is 3.04. The van der Waals surface area contributed by atoms with Gasteiger partial charge in [0.1, 0.15) is 6.61 Å². The second kappa shape index (κ2) is 5.35. The van der Waals surface area contributed by atoms with Crippen molar-refractivity contribution >= 4 is 21.8 Å². The summed E-state index contributed by atoms with van der Waals surface area (Å²) in [5.41, 5.74) is 0. The van der Waals surface area contributed by atoms with Crippen LogP contribution >= 0.6 is 15.9 Å². The maximum Gasteiger partial charge on any atom is 0.294 e. The highest BCUT2D eigenvalue weighted by Crippen LogP contribution is 2.13. The summed E-state index contributed by atoms with van der Waals surface area (Å²) in [6, 6.07) is 3.05. The Kier molecular flexibility index (Phi) is 4.10. The van der Waals surface area contributed by atoms with Crippen LogP contribution in [0.25, 0.3) is 0 Å². The summed E-state index contributed by atoms with van der Waals surface area (Å²) < 4.78 is 5.39. The number of carbonyl (C=O) groups is 1. The molecule has 82 valence electrons. The smallest absolute Gasteiger partial charge is 0.294 e. The fourth-order valence-corrected chi connectivity index (χ4v) is 1.11. The molecule has 0 radical (unpaired) electrons. The number of nitrogens with zero attached hydrogens (tertiary/aromatic N) is 1. The summed E-state index contributed by atoms with van der Waals surface area (Å²) in [7, 11) is 0. The maximum atomic E-state index is 11.3. The van der Waals surface area contributed by atoms with Crippen molar-refractivity contribution in [3.05, 3.63) is 32.7 Å². The summed E-state index contributed by atoms with van der Waals surface area (Å²) in [6.07, 6.45) is 0. The number of rotatable bonds is 5. The molecule has 0 aliphatic rings. The van der Waals surface area contributed by atoms with E-state index in [9.17, 15) is 14.9 Å². The van der Waals surface area contributed by atoms with E-state index >= 15 is 0 Å². The molecule has 0 unspecified atom stereocenters. The van der Waals surface area contributed by atoms with Crippen LogP contribution in [-0.2, 0) is 4.84 Å². The summed E-state index contributed by atoms with van der Waals surface area (Å²) in [5, 5.41) is 11.2. The molecule has 1 heterocycles. The highest BCUT2D eigenvalue weighted by atomic mass is 79.9. The molecule has 1 amide bonds. The zero-order chi connectivity index (χ0) is 11.3. The Labute approximate surface area is 92.6 Å². The lowest BCUT2D eigenvalue weighted by Gasteiger charge is -2.01. The zero-order valence-corrected chi connectivity index (χ0v) is 9.02. The number of nitrogens with one attached hydrogen (secondary N) is 1. The van der Waals surface area contributed by atoms with E-state index in [-0.39, 0.29) is 18.9 Å². The zero-order valence-electron chi connectivity index (χ0n) is 7.44. The van der Waals surface area contributed by atoms with Crippen molar-refractivity contribution in [2.75, 3.05) is 13.2 Å². The van der Waals surface area contributed by atoms with Crippen LogP contribution < -0.4 is 5.32 Å². The van der Waals surface area contributed by atoms with Gasteiger partial charge >= 0.3 is 0 Å². The molecule has 0 fully saturated rings. The molecule has 0 atom stereocenters. The summed E-state index contributed by atoms with van der Waals surface area (Å²) in [4.78, 5) is 25.0. The molecular formula is C7H7BrN2O5. The first-order valence-corrected chi connectivity index (χ1v) is 4.69. The van der Waals surface area contributed by atoms with Crippen LogP contribution in [0, 0.1) is 10.1 Å². The summed E-state index contributed by atoms with van der Waals surface area (Å²) in [5.74, 6) is -0.323. The first-order valence-electron chi connectivity index (χ1n) is 3.90. The Morgan fingerprint density at radius 3 is 2.93 bits per heavy atom. The fraction of sp³-hybridized carbons (Fsp3) is 0.286. The lowest BCUT2D eigenvalue weighted by atomic mass is 10.4. The third-order valence-corrected chi connectivity index (χ3v) is 1.81. The van der Waals surface area contributed by atoms with Gasteiger partial charge in [-0.05, 0) is 28.1 Å². The van der Waals surface area contributed by atoms with E-state index in [1.54, 1.807) is 6.07 Å². The van der Waals surface area contributed by atoms with Crippen molar-refractivity contribution in [3.8, 4) is 0 Å². The fourth-order valence-electron chi connectivity index (χ4n) is 0.808. The topological polar surface area (TPSA) is 94.6 Å². The van der Waals surface area contributed by atoms with Gasteiger partial charge in [0.25, 0.3) is 11.0 Å². The molecule has 1 aromatic rings. The van der Waals surface area contributed by atoms with E-state index in [1.165, 1.54) is 6.07 Å². The first-order chi connectivity index (χ1) is 7.09. The lowest BCUT2D eigenvalue weighted by molar-refractivity contribution is -0.757. The molecule has 15 heavy (non-hydrogen) atoms. The number of halogens is 1. The van der Waals surface area contributed by atoms with Gasteiger partial charge in [-0.15, -0.1) is 10.1 Å². The van der Waals surface area contributed by atoms with Crippen LogP contribution in [0.5, 0.6) is 0 Å². The van der Waals surface area contributed by atoms with Gasteiger partial charge < -0.3 is 14.6 Å². The highest BCUT2D eigenvalue weighted by molar-refractivity contribution is 9.10. The van der Waals surface area contributed by atoms with Crippen LogP contribution in [0.15, 0.2) is 21.2 Å². The minimum atomic E-state index is -0.921. The van der Waals surface area contributed by atoms with Crippen molar-refractivity contribution in [2.24, 2.45) is 0 Å². The average Bonchev–Trinajstić information content (AvgIpc) is 2.59. The van der Waals surface area contributed by atoms with Crippen LogP contribution in [0.2, 0.25) is 0 Å². The predicted octanol–water partition coefficient (Wildman–Crippen LogP) is 0.980. The molecule has 0 bridgehead atoms. The van der Waals surface area contributed by atoms with Gasteiger partial charge in [0.05, 0.1) is 0 Å². The van der Waals surface area contributed by atoms with Crippen molar-refractivity contribution in [1.82, 2.24) is 5.32 Å². The van der Waals surface area contributed by atoms with Gasteiger partial charge in [-0.1, -0.05) is 0 Å². The van der Waals surface area contributed by atoms with Crippen LogP contribution in [0.1, 0.15) is 10.6 Å². The molecule has 0 spiro atoms. The van der Waals surface area contributed by atoms with E-state index in [0.29, 0.717) is 4.67 Å². The Balaban J connectivity index is 2.28. The largest absolute Gasteiger partial charge is 0.444 e. The number of furan rings is 1. The molecular weight excluding hydrogens is 272 g/mol. The number of carbonyl (C=O) groups excluding carboxylic acids is 1. The third-order valence-electron chi connectivity index (χ3n) is 1.38. The van der Waals surface area contributed by atoms with E-state index in [0.717, 1.165) is 0 Å². The number of hydrogen-bond acceptors (Lipinski definition) is 5. The minimum Gasteiger partial charge on any atom is -0.444 e. The highest BCUT2D eigenvalue weighted by Gasteiger charge is 2.09. The molecule has 1 aromatic heterocycles. The van der Waals surface area contributed by atoms with Crippen molar-refractivity contribution in [1.29, 1.82) is 0 Å². The number of hydrogen-bond donors (Lipinski definition) is 1. The maximum absolute atomic E-state index is 11.3. The molecule has 1 N–H and O–H groups in total. The molecule has 0 saturated carbocycles. The van der Waals surface area contributed by atoms with E-state index < -0.39 is 11.0 Å². The Hall–Kier alpha value is -1.57. The van der Waals surface area contributed by atoms with E-state index in [4.69, 9.17) is 4.42 Å². The van der Waals surface area contributed by atoms with E-state index in [2.05, 4.69) is 26.1 Å². The van der Waals surface area contributed by atoms with Crippen LogP contribution in [-0.4, -0.2) is 24.1 Å². The van der Waals surface area contributed by atoms with Gasteiger partial charge in [-0.3, -0.25) is 4.79 Å². The van der Waals surface area contributed by atoms with E-state index in [1.807, 2.05) is 0 Å². The van der Waals surface area contributed by atoms with Gasteiger partial charge in [-0.2, -0.15) is 0 Å². The van der Waals surface area contributed by atoms with Gasteiger partial charge in [-0.25, -0.2) is 0 Å². The van der Waals surface area contributed by atoms with Crippen LogP contribution in [0.3, 0.4) is 0 Å². The molecule has 8 heteroatoms. The van der Waals surface area contributed by atoms with Gasteiger partial charge in [0, 0.05) is 6.54 Å². The Morgan fingerprint density at radius 2 is 2.40 bits per heavy atom. The normalized spacial score (nSPS) is 9.67. The third kappa shape index (κ3) is 3.98. The second-order valence-corrected chi connectivity index (χ2v) is 3.20.